The monoisotopic (exact) mass is 1450 g/mol. The van der Waals surface area contributed by atoms with Gasteiger partial charge in [-0.3, -0.25) is 24.5 Å². The number of aliphatic hydroxyl groups excluding tert-OH is 4. The Morgan fingerprint density at radius 1 is 0.879 bits per heavy atom. The van der Waals surface area contributed by atoms with Crippen LogP contribution >= 0.6 is 55.9 Å². The number of alkyl carbamates (subject to hydrolysis) is 1. The molecule has 19 atom stereocenters. The number of amides is 2. The molecule has 4 aliphatic heterocycles. The molecule has 2 amide bonds. The molecule has 1 aromatic rings. The summed E-state index contributed by atoms with van der Waals surface area (Å²) in [7, 11) is 13.0. The third-order valence-electron chi connectivity index (χ3n) is 16.0. The molecule has 0 radical (unpaired) electrons. The smallest absolute Gasteiger partial charge is 0.411 e. The molecule has 0 unspecified atom stereocenters. The van der Waals surface area contributed by atoms with Crippen LogP contribution in [0.4, 0.5) is 4.79 Å². The molecule has 2 aliphatic carbocycles. The number of Topliss-reactive ketones (excluding diaryl/α,β-unsaturated/α-hetero) is 1. The van der Waals surface area contributed by atoms with Gasteiger partial charge in [-0.05, 0) is 88.4 Å². The number of thioether (sulfide) groups is 1. The minimum Gasteiger partial charge on any atom is -0.492 e. The second-order valence-electron chi connectivity index (χ2n) is 23.1. The molecule has 0 aromatic heterocycles. The van der Waals surface area contributed by atoms with Crippen LogP contribution in [0.3, 0.4) is 0 Å². The Labute approximate surface area is 556 Å². The van der Waals surface area contributed by atoms with Crippen LogP contribution in [0.15, 0.2) is 35.1 Å². The summed E-state index contributed by atoms with van der Waals surface area (Å²) in [5.41, 5.74) is 1.03. The zero-order valence-corrected chi connectivity index (χ0v) is 57.9. The van der Waals surface area contributed by atoms with E-state index in [4.69, 9.17) is 61.7 Å². The summed E-state index contributed by atoms with van der Waals surface area (Å²) < 4.78 is 72.3. The van der Waals surface area contributed by atoms with E-state index < -0.39 is 137 Å². The van der Waals surface area contributed by atoms with E-state index in [9.17, 15) is 44.7 Å². The van der Waals surface area contributed by atoms with E-state index in [1.807, 2.05) is 43.4 Å². The van der Waals surface area contributed by atoms with Crippen LogP contribution in [0.1, 0.15) is 83.1 Å². The van der Waals surface area contributed by atoms with E-state index in [-0.39, 0.29) is 83.2 Å². The highest BCUT2D eigenvalue weighted by Gasteiger charge is 2.52. The fraction of sp³-hybridized carbons (Fsp3) is 0.672. The van der Waals surface area contributed by atoms with Gasteiger partial charge in [0, 0.05) is 69.2 Å². The van der Waals surface area contributed by atoms with Gasteiger partial charge in [0.15, 0.2) is 41.8 Å². The number of likely N-dealkylation sites (N-methyl/N-ethyl adjacent to an activating group) is 1. The summed E-state index contributed by atoms with van der Waals surface area (Å²) in [5.74, 6) is 11.1. The number of benzene rings is 1. The Balaban J connectivity index is 1.13. The van der Waals surface area contributed by atoms with Crippen LogP contribution in [-0.4, -0.2) is 242 Å². The van der Waals surface area contributed by atoms with E-state index in [0.717, 1.165) is 18.9 Å². The Morgan fingerprint density at radius 3 is 2.23 bits per heavy atom. The number of rotatable bonds is 24. The van der Waals surface area contributed by atoms with Crippen LogP contribution in [0.2, 0.25) is 0 Å². The summed E-state index contributed by atoms with van der Waals surface area (Å²) in [6.45, 7) is 13.2. The van der Waals surface area contributed by atoms with Gasteiger partial charge in [-0.1, -0.05) is 70.0 Å². The number of hydrogen-bond acceptors (Lipinski definition) is 27. The minimum absolute atomic E-state index is 0.0181. The Morgan fingerprint density at radius 2 is 1.58 bits per heavy atom. The van der Waals surface area contributed by atoms with Crippen LogP contribution < -0.4 is 30.3 Å². The number of carbonyl (C=O) groups excluding carboxylic acids is 4. The molecule has 26 nitrogen and oxygen atoms in total. The second kappa shape index (κ2) is 33.2. The quantitative estimate of drug-likeness (QED) is 0.0242. The van der Waals surface area contributed by atoms with Crippen molar-refractivity contribution in [1.29, 1.82) is 0 Å². The van der Waals surface area contributed by atoms with Crippen LogP contribution in [0.5, 0.6) is 17.2 Å². The first-order chi connectivity index (χ1) is 43.2. The average molecular weight is 1450 g/mol. The lowest BCUT2D eigenvalue weighted by Crippen LogP contribution is -2.65. The standard InChI is InChI=1S/C61H85IN4O22S3/c1-15-63-34-28-81-40(25-38(34)76-10)86-53-48(71)45(65-88-41-24-35(67)55(32(5)82-41)90-56(73)42-29(2)44(62)51(54(79-13)50(42)77-11)87-57-49(72)52(78-12)47(70)31(4)84-57)30(3)83-58(53)85-37-20-18-16-17-19-22-61(75)26-36(68)46(64-59(74)80-14)43(37)33(61)21-23-89-91-60(6,7)27-39(69)66(8)9/h16-17,21,30-32,34-35,37-38,40-41,45,47-49,52-53,55,57-58,63,65,67,70-72,75H,15,23-28H2,1-14H3,(H,64,74)/b17-16?,33-21+/t30-,31+,32-,34+,35+,37+,38+,40+,41+,45-,47+,48+,49-,52-,53-,55-,57+,58+,61+/m1/s1. The molecular weight excluding hydrogens is 1360 g/mol. The fourth-order valence-electron chi connectivity index (χ4n) is 11.2. The molecule has 7 rings (SSSR count). The number of ether oxygens (including phenoxy) is 12. The number of nitrogens with one attached hydrogen (secondary N) is 3. The number of hydroxylamine groups is 1. The predicted molar refractivity (Wildman–Crippen MR) is 344 cm³/mol. The van der Waals surface area contributed by atoms with Crippen molar-refractivity contribution in [3.8, 4) is 40.9 Å². The van der Waals surface area contributed by atoms with E-state index in [2.05, 4.69) is 39.8 Å². The molecule has 506 valence electrons. The summed E-state index contributed by atoms with van der Waals surface area (Å²) in [6.07, 6.45) is -14.1. The lowest BCUT2D eigenvalue weighted by Gasteiger charge is -2.46. The number of nitrogens with zero attached hydrogens (tertiary/aromatic N) is 1. The SMILES string of the molecule is CCN[C@H]1CO[C@@H](O[C@H]2[C@H](O[C@H]3C#CC=CC#C[C@]4(O)CC(=O)C(NC(=O)OC)=C3/C4=C\CSSC(C)(C)CC(=O)N(C)C)O[C@H](C)[C@@H](NO[C@H]3C[C@H](O)[C@H](SC(=O)c4c(C)c(I)c(O[C@@H]5O[C@@H](C)[C@H](O)[C@@H](OC)[C@H]5O)c(OC)c4OC)[C@@H](C)O3)[C@@H]2O)C[C@@H]1OC. The van der Waals surface area contributed by atoms with Gasteiger partial charge in [0.25, 0.3) is 0 Å². The average Bonchev–Trinajstić information content (AvgIpc) is 0.803. The van der Waals surface area contributed by atoms with E-state index in [0.29, 0.717) is 15.7 Å². The summed E-state index contributed by atoms with van der Waals surface area (Å²) in [4.78, 5) is 62.2. The highest BCUT2D eigenvalue weighted by Crippen LogP contribution is 2.49. The van der Waals surface area contributed by atoms with E-state index >= 15 is 0 Å². The summed E-state index contributed by atoms with van der Waals surface area (Å²) >= 11 is 2.81. The van der Waals surface area contributed by atoms with Crippen molar-refractivity contribution in [3.05, 3.63) is 49.8 Å². The lowest BCUT2D eigenvalue weighted by molar-refractivity contribution is -0.336. The number of methoxy groups -OCH3 is 5. The third-order valence-corrected chi connectivity index (χ3v) is 21.8. The van der Waals surface area contributed by atoms with Gasteiger partial charge in [-0.25, -0.2) is 4.79 Å². The number of hydrogen-bond donors (Lipinski definition) is 8. The van der Waals surface area contributed by atoms with Gasteiger partial charge in [0.05, 0.1) is 97.0 Å². The topological polar surface area (TPSA) is 329 Å². The molecule has 1 aromatic carbocycles. The van der Waals surface area contributed by atoms with Crippen LogP contribution in [-0.2, 0) is 57.1 Å². The van der Waals surface area contributed by atoms with Gasteiger partial charge in [-0.15, -0.1) is 0 Å². The van der Waals surface area contributed by atoms with Crippen molar-refractivity contribution < 1.29 is 106 Å². The molecule has 0 spiro atoms. The molecule has 4 fully saturated rings. The maximum Gasteiger partial charge on any atom is 0.411 e. The molecule has 2 bridgehead atoms. The first-order valence-corrected chi connectivity index (χ1v) is 33.8. The fourth-order valence-corrected chi connectivity index (χ4v) is 15.3. The first kappa shape index (κ1) is 74.6. The molecule has 0 saturated carbocycles. The van der Waals surface area contributed by atoms with Crippen molar-refractivity contribution in [3.63, 3.8) is 0 Å². The van der Waals surface area contributed by atoms with Crippen molar-refractivity contribution >= 4 is 78.8 Å². The largest absolute Gasteiger partial charge is 0.492 e. The predicted octanol–water partition coefficient (Wildman–Crippen LogP) is 3.18. The van der Waals surface area contributed by atoms with E-state index in [1.165, 1.54) is 60.0 Å². The number of carbonyl (C=O) groups is 4. The first-order valence-electron chi connectivity index (χ1n) is 29.5. The number of halogens is 1. The Hall–Kier alpha value is -3.82. The molecule has 4 saturated heterocycles. The maximum absolute atomic E-state index is 14.5. The highest BCUT2D eigenvalue weighted by molar-refractivity contribution is 14.1. The molecule has 91 heavy (non-hydrogen) atoms. The molecule has 4 heterocycles. The van der Waals surface area contributed by atoms with Crippen molar-refractivity contribution in [2.24, 2.45) is 0 Å². The Bertz CT molecular complexity index is 2980. The maximum atomic E-state index is 14.5. The van der Waals surface area contributed by atoms with Crippen molar-refractivity contribution in [2.75, 3.05) is 68.5 Å². The zero-order valence-electron chi connectivity index (χ0n) is 53.3. The Kier molecular flexibility index (Phi) is 27.2. The molecule has 30 heteroatoms. The van der Waals surface area contributed by atoms with E-state index in [1.54, 1.807) is 55.0 Å². The lowest BCUT2D eigenvalue weighted by atomic mass is 9.75. The van der Waals surface area contributed by atoms with Gasteiger partial charge < -0.3 is 92.6 Å². The van der Waals surface area contributed by atoms with Gasteiger partial charge in [0.2, 0.25) is 23.1 Å². The minimum atomic E-state index is -2.14. The molecule has 8 N–H and O–H groups in total. The van der Waals surface area contributed by atoms with Gasteiger partial charge >= 0.3 is 6.09 Å². The highest BCUT2D eigenvalue weighted by atomic mass is 127. The second-order valence-corrected chi connectivity index (χ2v) is 28.4. The van der Waals surface area contributed by atoms with Crippen molar-refractivity contribution in [2.45, 2.75) is 194 Å². The summed E-state index contributed by atoms with van der Waals surface area (Å²) in [6, 6.07) is -1.32. The zero-order chi connectivity index (χ0) is 66.8. The summed E-state index contributed by atoms with van der Waals surface area (Å²) in [5, 5.41) is 63.1. The number of ketones is 1. The van der Waals surface area contributed by atoms with Gasteiger partial charge in [0.1, 0.15) is 36.6 Å². The van der Waals surface area contributed by atoms with Crippen LogP contribution in [0.25, 0.3) is 0 Å². The number of allylic oxidation sites excluding steroid dienone is 3. The number of fused-ring (bicyclic) bond motifs is 2. The third kappa shape index (κ3) is 17.8. The van der Waals surface area contributed by atoms with Crippen molar-refractivity contribution in [1.82, 2.24) is 21.0 Å². The number of aliphatic hydroxyl groups is 5. The molecular formula is C61H85IN4O22S3. The normalized spacial score (nSPS) is 33.8. The molecule has 6 aliphatic rings. The van der Waals surface area contributed by atoms with Crippen LogP contribution in [0, 0.1) is 34.2 Å². The van der Waals surface area contributed by atoms with Gasteiger partial charge in [-0.2, -0.15) is 5.48 Å².